The predicted octanol–water partition coefficient (Wildman–Crippen LogP) is 0.626. The molecule has 0 saturated heterocycles. The predicted molar refractivity (Wildman–Crippen MR) is 71.5 cm³/mol. The van der Waals surface area contributed by atoms with Gasteiger partial charge in [0.2, 0.25) is 5.91 Å². The Hall–Kier alpha value is -2.57. The van der Waals surface area contributed by atoms with Gasteiger partial charge in [-0.3, -0.25) is 4.79 Å². The van der Waals surface area contributed by atoms with Gasteiger partial charge in [-0.15, -0.1) is 0 Å². The van der Waals surface area contributed by atoms with Crippen molar-refractivity contribution in [3.8, 4) is 0 Å². The summed E-state index contributed by atoms with van der Waals surface area (Å²) < 4.78 is 3.89. The van der Waals surface area contributed by atoms with Gasteiger partial charge in [0, 0.05) is 37.5 Å². The second-order valence-corrected chi connectivity index (χ2v) is 4.37. The zero-order chi connectivity index (χ0) is 14.4. The molecule has 2 heterocycles. The van der Waals surface area contributed by atoms with Gasteiger partial charge in [0.05, 0.1) is 5.56 Å². The maximum Gasteiger partial charge on any atom is 0.249 e. The number of nitrogens with zero attached hydrogens (tertiary/aromatic N) is 4. The summed E-state index contributed by atoms with van der Waals surface area (Å²) in [5.74, 6) is 0.246. The van der Waals surface area contributed by atoms with E-state index in [0.717, 1.165) is 19.5 Å². The standard InChI is InChI=1S/C13H15N5O2/c14-13(19)11-2-7-17(8-3-11)5-1-6-18-9-4-15-12(18)10-16-20/h2-4,7-9H,1,5-6,10H2,(H-,14,19)/p+1. The van der Waals surface area contributed by atoms with E-state index in [1.165, 1.54) is 0 Å². The molecule has 2 rings (SSSR count). The van der Waals surface area contributed by atoms with Crippen LogP contribution in [0.15, 0.2) is 42.1 Å². The number of hydrogen-bond acceptors (Lipinski definition) is 4. The monoisotopic (exact) mass is 274 g/mol. The zero-order valence-corrected chi connectivity index (χ0v) is 11.0. The van der Waals surface area contributed by atoms with E-state index in [9.17, 15) is 9.70 Å². The molecule has 104 valence electrons. The van der Waals surface area contributed by atoms with Crippen molar-refractivity contribution in [2.75, 3.05) is 0 Å². The highest BCUT2D eigenvalue weighted by Gasteiger charge is 2.06. The third-order valence-corrected chi connectivity index (χ3v) is 3.00. The lowest BCUT2D eigenvalue weighted by atomic mass is 10.2. The Labute approximate surface area is 116 Å². The molecule has 20 heavy (non-hydrogen) atoms. The number of pyridine rings is 1. The molecular formula is C13H16N5O2+. The fourth-order valence-electron chi connectivity index (χ4n) is 1.95. The summed E-state index contributed by atoms with van der Waals surface area (Å²) in [4.78, 5) is 25.3. The summed E-state index contributed by atoms with van der Waals surface area (Å²) in [6.45, 7) is 1.65. The molecule has 0 saturated carbocycles. The highest BCUT2D eigenvalue weighted by atomic mass is 16.3. The first-order chi connectivity index (χ1) is 9.70. The van der Waals surface area contributed by atoms with Crippen LogP contribution in [0.25, 0.3) is 0 Å². The van der Waals surface area contributed by atoms with E-state index in [4.69, 9.17) is 5.73 Å². The van der Waals surface area contributed by atoms with Gasteiger partial charge in [0.1, 0.15) is 18.9 Å². The van der Waals surface area contributed by atoms with Gasteiger partial charge >= 0.3 is 0 Å². The number of carbonyl (C=O) groups is 1. The van der Waals surface area contributed by atoms with Gasteiger partial charge in [-0.2, -0.15) is 4.91 Å². The van der Waals surface area contributed by atoms with Crippen molar-refractivity contribution in [1.29, 1.82) is 0 Å². The lowest BCUT2D eigenvalue weighted by Crippen LogP contribution is -2.33. The Morgan fingerprint density at radius 2 is 2.15 bits per heavy atom. The number of nitrogens with two attached hydrogens (primary N) is 1. The summed E-state index contributed by atoms with van der Waals surface area (Å²) in [5, 5.41) is 2.85. The number of rotatable bonds is 7. The second-order valence-electron chi connectivity index (χ2n) is 4.37. The minimum Gasteiger partial charge on any atom is -0.366 e. The molecule has 2 N–H and O–H groups in total. The topological polar surface area (TPSA) is 94.2 Å². The van der Waals surface area contributed by atoms with Crippen molar-refractivity contribution in [2.45, 2.75) is 26.1 Å². The van der Waals surface area contributed by atoms with Crippen LogP contribution in [0.1, 0.15) is 22.6 Å². The van der Waals surface area contributed by atoms with E-state index in [1.807, 2.05) is 27.7 Å². The van der Waals surface area contributed by atoms with Gasteiger partial charge < -0.3 is 10.3 Å². The minimum atomic E-state index is -0.429. The maximum absolute atomic E-state index is 10.9. The van der Waals surface area contributed by atoms with E-state index in [2.05, 4.69) is 10.2 Å². The molecule has 0 aliphatic rings. The first-order valence-corrected chi connectivity index (χ1v) is 6.28. The Balaban J connectivity index is 1.87. The molecule has 0 atom stereocenters. The number of primary amides is 1. The van der Waals surface area contributed by atoms with Crippen molar-refractivity contribution in [3.05, 3.63) is 53.2 Å². The van der Waals surface area contributed by atoms with Crippen molar-refractivity contribution >= 4 is 5.91 Å². The largest absolute Gasteiger partial charge is 0.366 e. The third-order valence-electron chi connectivity index (χ3n) is 3.00. The van der Waals surface area contributed by atoms with Crippen LogP contribution in [0.2, 0.25) is 0 Å². The number of imidazole rings is 1. The lowest BCUT2D eigenvalue weighted by Gasteiger charge is -2.03. The van der Waals surface area contributed by atoms with E-state index in [-0.39, 0.29) is 6.54 Å². The molecule has 0 aliphatic heterocycles. The van der Waals surface area contributed by atoms with Crippen LogP contribution >= 0.6 is 0 Å². The molecule has 2 aromatic rings. The van der Waals surface area contributed by atoms with Crippen molar-refractivity contribution in [1.82, 2.24) is 9.55 Å². The average molecular weight is 274 g/mol. The molecule has 1 amide bonds. The number of aromatic nitrogens is 3. The quantitative estimate of drug-likeness (QED) is 0.592. The Bertz CT molecular complexity index is 591. The van der Waals surface area contributed by atoms with E-state index >= 15 is 0 Å². The van der Waals surface area contributed by atoms with Crippen LogP contribution in [-0.2, 0) is 19.6 Å². The lowest BCUT2D eigenvalue weighted by molar-refractivity contribution is -0.697. The molecule has 0 aromatic carbocycles. The van der Waals surface area contributed by atoms with E-state index < -0.39 is 5.91 Å². The van der Waals surface area contributed by atoms with Gasteiger partial charge in [0.25, 0.3) is 0 Å². The molecular weight excluding hydrogens is 258 g/mol. The molecule has 0 unspecified atom stereocenters. The fraction of sp³-hybridized carbons (Fsp3) is 0.308. The highest BCUT2D eigenvalue weighted by molar-refractivity contribution is 5.92. The summed E-state index contributed by atoms with van der Waals surface area (Å²) in [6.07, 6.45) is 8.02. The summed E-state index contributed by atoms with van der Waals surface area (Å²) >= 11 is 0. The smallest absolute Gasteiger partial charge is 0.249 e. The minimum absolute atomic E-state index is 0.0907. The van der Waals surface area contributed by atoms with Crippen LogP contribution in [-0.4, -0.2) is 15.5 Å². The molecule has 7 nitrogen and oxygen atoms in total. The van der Waals surface area contributed by atoms with Crippen LogP contribution in [0, 0.1) is 4.91 Å². The fourth-order valence-corrected chi connectivity index (χ4v) is 1.95. The van der Waals surface area contributed by atoms with Crippen molar-refractivity contribution < 1.29 is 9.36 Å². The average Bonchev–Trinajstić information content (AvgIpc) is 2.87. The number of hydrogen-bond donors (Lipinski definition) is 1. The van der Waals surface area contributed by atoms with Crippen LogP contribution in [0.4, 0.5) is 0 Å². The van der Waals surface area contributed by atoms with Crippen LogP contribution < -0.4 is 10.3 Å². The third kappa shape index (κ3) is 3.47. The van der Waals surface area contributed by atoms with Crippen molar-refractivity contribution in [3.63, 3.8) is 0 Å². The van der Waals surface area contributed by atoms with Crippen LogP contribution in [0.5, 0.6) is 0 Å². The van der Waals surface area contributed by atoms with Gasteiger partial charge in [0.15, 0.2) is 12.4 Å². The normalized spacial score (nSPS) is 10.4. The number of carbonyl (C=O) groups excluding carboxylic acids is 1. The summed E-state index contributed by atoms with van der Waals surface area (Å²) in [6, 6.07) is 3.39. The maximum atomic E-state index is 10.9. The first-order valence-electron chi connectivity index (χ1n) is 6.28. The molecule has 7 heteroatoms. The molecule has 0 spiro atoms. The highest BCUT2D eigenvalue weighted by Crippen LogP contribution is 2.01. The number of amides is 1. The zero-order valence-electron chi connectivity index (χ0n) is 11.0. The summed E-state index contributed by atoms with van der Waals surface area (Å²) in [5.41, 5.74) is 5.68. The summed E-state index contributed by atoms with van der Waals surface area (Å²) in [7, 11) is 0. The van der Waals surface area contributed by atoms with E-state index in [1.54, 1.807) is 18.3 Å². The first kappa shape index (κ1) is 13.9. The molecule has 0 radical (unpaired) electrons. The molecule has 0 bridgehead atoms. The second kappa shape index (κ2) is 6.55. The Kier molecular flexibility index (Phi) is 4.54. The van der Waals surface area contributed by atoms with Gasteiger partial charge in [-0.05, 0) is 0 Å². The molecule has 0 fully saturated rings. The molecule has 0 aliphatic carbocycles. The number of nitroso groups, excluding NO2 is 1. The Morgan fingerprint density at radius 1 is 1.40 bits per heavy atom. The SMILES string of the molecule is NC(=O)c1cc[n+](CCCn2ccnc2CN=O)cc1. The van der Waals surface area contributed by atoms with Gasteiger partial charge in [-0.1, -0.05) is 5.18 Å². The van der Waals surface area contributed by atoms with Gasteiger partial charge in [-0.25, -0.2) is 9.55 Å². The van der Waals surface area contributed by atoms with E-state index in [0.29, 0.717) is 11.4 Å². The Morgan fingerprint density at radius 3 is 2.80 bits per heavy atom. The number of aryl methyl sites for hydroxylation is 2. The van der Waals surface area contributed by atoms with Crippen LogP contribution in [0.3, 0.4) is 0 Å². The van der Waals surface area contributed by atoms with Crippen molar-refractivity contribution in [2.24, 2.45) is 10.9 Å². The molecule has 2 aromatic heterocycles.